The SMILES string of the molecule is O=C(OCc1nc2ccsc2c(=O)[nH]1)c1cccc(S(=O)(=O)N2CCc3ccccc3C2)c1. The van der Waals surface area contributed by atoms with E-state index in [1.165, 1.54) is 39.9 Å². The van der Waals surface area contributed by atoms with Gasteiger partial charge in [-0.15, -0.1) is 11.3 Å². The molecule has 0 unspecified atom stereocenters. The lowest BCUT2D eigenvalue weighted by molar-refractivity contribution is 0.0462. The fourth-order valence-electron chi connectivity index (χ4n) is 3.81. The Bertz CT molecular complexity index is 1520. The average molecular weight is 482 g/mol. The third kappa shape index (κ3) is 4.20. The lowest BCUT2D eigenvalue weighted by Gasteiger charge is -2.28. The first-order chi connectivity index (χ1) is 15.9. The largest absolute Gasteiger partial charge is 0.454 e. The summed E-state index contributed by atoms with van der Waals surface area (Å²) < 4.78 is 33.6. The zero-order valence-corrected chi connectivity index (χ0v) is 19.0. The van der Waals surface area contributed by atoms with E-state index < -0.39 is 16.0 Å². The van der Waals surface area contributed by atoms with Crippen molar-refractivity contribution in [2.24, 2.45) is 0 Å². The van der Waals surface area contributed by atoms with Gasteiger partial charge in [0.25, 0.3) is 5.56 Å². The Hall–Kier alpha value is -3.34. The highest BCUT2D eigenvalue weighted by atomic mass is 32.2. The van der Waals surface area contributed by atoms with Crippen LogP contribution in [0.25, 0.3) is 10.2 Å². The van der Waals surface area contributed by atoms with Crippen LogP contribution >= 0.6 is 11.3 Å². The number of hydrogen-bond acceptors (Lipinski definition) is 7. The Kier molecular flexibility index (Phi) is 5.57. The highest BCUT2D eigenvalue weighted by molar-refractivity contribution is 7.89. The maximum atomic E-state index is 13.2. The van der Waals surface area contributed by atoms with Crippen molar-refractivity contribution in [3.05, 3.63) is 92.8 Å². The fraction of sp³-hybridized carbons (Fsp3) is 0.174. The van der Waals surface area contributed by atoms with Gasteiger partial charge in [-0.05, 0) is 47.2 Å². The number of aromatic amines is 1. The van der Waals surface area contributed by atoms with Crippen LogP contribution in [0, 0.1) is 0 Å². The minimum atomic E-state index is -3.78. The van der Waals surface area contributed by atoms with Crippen molar-refractivity contribution in [1.82, 2.24) is 14.3 Å². The first kappa shape index (κ1) is 21.5. The second kappa shape index (κ2) is 8.54. The molecule has 0 aliphatic carbocycles. The molecule has 0 saturated carbocycles. The van der Waals surface area contributed by atoms with E-state index in [1.807, 2.05) is 24.3 Å². The number of nitrogens with one attached hydrogen (secondary N) is 1. The maximum absolute atomic E-state index is 13.2. The second-order valence-electron chi connectivity index (χ2n) is 7.61. The number of benzene rings is 2. The number of thiophene rings is 1. The molecule has 10 heteroatoms. The number of esters is 1. The van der Waals surface area contributed by atoms with Crippen LogP contribution in [0.2, 0.25) is 0 Å². The van der Waals surface area contributed by atoms with Gasteiger partial charge in [0.2, 0.25) is 10.0 Å². The number of carbonyl (C=O) groups excluding carboxylic acids is 1. The Morgan fingerprint density at radius 2 is 1.94 bits per heavy atom. The molecule has 0 radical (unpaired) electrons. The minimum Gasteiger partial charge on any atom is -0.454 e. The number of aromatic nitrogens is 2. The summed E-state index contributed by atoms with van der Waals surface area (Å²) in [4.78, 5) is 31.5. The summed E-state index contributed by atoms with van der Waals surface area (Å²) in [6, 6.07) is 15.3. The minimum absolute atomic E-state index is 0.0301. The molecule has 0 spiro atoms. The summed E-state index contributed by atoms with van der Waals surface area (Å²) in [5.41, 5.74) is 2.47. The van der Waals surface area contributed by atoms with Gasteiger partial charge in [0.15, 0.2) is 0 Å². The van der Waals surface area contributed by atoms with E-state index in [-0.39, 0.29) is 35.0 Å². The van der Waals surface area contributed by atoms with Gasteiger partial charge in [0.05, 0.1) is 16.0 Å². The molecule has 1 aliphatic rings. The predicted molar refractivity (Wildman–Crippen MR) is 124 cm³/mol. The molecular weight excluding hydrogens is 462 g/mol. The third-order valence-electron chi connectivity index (χ3n) is 5.51. The van der Waals surface area contributed by atoms with Crippen molar-refractivity contribution in [3.8, 4) is 0 Å². The topological polar surface area (TPSA) is 109 Å². The number of rotatable bonds is 5. The van der Waals surface area contributed by atoms with Crippen LogP contribution in [0.15, 0.2) is 69.7 Å². The highest BCUT2D eigenvalue weighted by Crippen LogP contribution is 2.25. The number of sulfonamides is 1. The summed E-state index contributed by atoms with van der Waals surface area (Å²) in [7, 11) is -3.78. The van der Waals surface area contributed by atoms with Gasteiger partial charge in [-0.2, -0.15) is 4.31 Å². The molecule has 33 heavy (non-hydrogen) atoms. The van der Waals surface area contributed by atoms with Crippen molar-refractivity contribution in [2.75, 3.05) is 6.54 Å². The Balaban J connectivity index is 1.33. The third-order valence-corrected chi connectivity index (χ3v) is 8.25. The van der Waals surface area contributed by atoms with Crippen LogP contribution in [0.1, 0.15) is 27.3 Å². The van der Waals surface area contributed by atoms with E-state index in [4.69, 9.17) is 4.74 Å². The number of H-pyrrole nitrogens is 1. The van der Waals surface area contributed by atoms with Crippen molar-refractivity contribution in [3.63, 3.8) is 0 Å². The Labute approximate surface area is 193 Å². The van der Waals surface area contributed by atoms with Gasteiger partial charge in [-0.25, -0.2) is 18.2 Å². The molecule has 0 bridgehead atoms. The van der Waals surface area contributed by atoms with Crippen molar-refractivity contribution in [1.29, 1.82) is 0 Å². The molecule has 3 heterocycles. The summed E-state index contributed by atoms with van der Waals surface area (Å²) in [6.07, 6.45) is 0.636. The smallest absolute Gasteiger partial charge is 0.338 e. The van der Waals surface area contributed by atoms with Gasteiger partial charge in [-0.1, -0.05) is 30.3 Å². The van der Waals surface area contributed by atoms with Crippen LogP contribution < -0.4 is 5.56 Å². The normalized spacial score (nSPS) is 14.2. The van der Waals surface area contributed by atoms with Gasteiger partial charge in [0.1, 0.15) is 17.1 Å². The molecule has 2 aromatic heterocycles. The standard InChI is InChI=1S/C23H19N3O5S2/c27-22-21-19(9-11-32-21)24-20(25-22)14-31-23(28)16-6-3-7-18(12-16)33(29,30)26-10-8-15-4-1-2-5-17(15)13-26/h1-7,9,11-12H,8,10,13-14H2,(H,24,25,27). The number of carbonyl (C=O) groups is 1. The average Bonchev–Trinajstić information content (AvgIpc) is 3.32. The first-order valence-electron chi connectivity index (χ1n) is 10.2. The number of nitrogens with zero attached hydrogens (tertiary/aromatic N) is 2. The molecule has 0 amide bonds. The lowest BCUT2D eigenvalue weighted by Crippen LogP contribution is -2.36. The van der Waals surface area contributed by atoms with Gasteiger partial charge < -0.3 is 9.72 Å². The quantitative estimate of drug-likeness (QED) is 0.439. The van der Waals surface area contributed by atoms with E-state index in [1.54, 1.807) is 11.4 Å². The van der Waals surface area contributed by atoms with E-state index in [2.05, 4.69) is 9.97 Å². The van der Waals surface area contributed by atoms with Crippen LogP contribution in [0.3, 0.4) is 0 Å². The molecule has 0 fully saturated rings. The van der Waals surface area contributed by atoms with Crippen molar-refractivity contribution < 1.29 is 17.9 Å². The molecule has 5 rings (SSSR count). The van der Waals surface area contributed by atoms with Crippen LogP contribution in [0.5, 0.6) is 0 Å². The number of fused-ring (bicyclic) bond motifs is 2. The Morgan fingerprint density at radius 3 is 2.79 bits per heavy atom. The summed E-state index contributed by atoms with van der Waals surface area (Å²) >= 11 is 1.28. The number of ether oxygens (including phenoxy) is 1. The zero-order valence-electron chi connectivity index (χ0n) is 17.4. The molecule has 1 N–H and O–H groups in total. The summed E-state index contributed by atoms with van der Waals surface area (Å²) in [5, 5.41) is 1.76. The maximum Gasteiger partial charge on any atom is 0.338 e. The van der Waals surface area contributed by atoms with Gasteiger partial charge >= 0.3 is 5.97 Å². The van der Waals surface area contributed by atoms with E-state index >= 15 is 0 Å². The highest BCUT2D eigenvalue weighted by Gasteiger charge is 2.28. The van der Waals surface area contributed by atoms with E-state index in [9.17, 15) is 18.0 Å². The molecule has 0 atom stereocenters. The van der Waals surface area contributed by atoms with Gasteiger partial charge in [-0.3, -0.25) is 4.79 Å². The van der Waals surface area contributed by atoms with E-state index in [0.29, 0.717) is 23.2 Å². The predicted octanol–water partition coefficient (Wildman–Crippen LogP) is 3.09. The molecule has 168 valence electrons. The number of hydrogen-bond donors (Lipinski definition) is 1. The van der Waals surface area contributed by atoms with Crippen LogP contribution in [-0.2, 0) is 34.3 Å². The fourth-order valence-corrected chi connectivity index (χ4v) is 6.01. The lowest BCUT2D eigenvalue weighted by atomic mass is 10.0. The summed E-state index contributed by atoms with van der Waals surface area (Å²) in [5.74, 6) is -0.487. The van der Waals surface area contributed by atoms with Crippen molar-refractivity contribution >= 4 is 37.5 Å². The van der Waals surface area contributed by atoms with Gasteiger partial charge in [0, 0.05) is 13.1 Å². The summed E-state index contributed by atoms with van der Waals surface area (Å²) in [6.45, 7) is 0.426. The van der Waals surface area contributed by atoms with Crippen molar-refractivity contribution in [2.45, 2.75) is 24.5 Å². The van der Waals surface area contributed by atoms with Crippen LogP contribution in [0.4, 0.5) is 0 Å². The molecule has 8 nitrogen and oxygen atoms in total. The molecule has 1 aliphatic heterocycles. The molecular formula is C23H19N3O5S2. The molecule has 2 aromatic carbocycles. The molecule has 4 aromatic rings. The van der Waals surface area contributed by atoms with Crippen LogP contribution in [-0.4, -0.2) is 35.2 Å². The second-order valence-corrected chi connectivity index (χ2v) is 10.5. The zero-order chi connectivity index (χ0) is 23.0. The first-order valence-corrected chi connectivity index (χ1v) is 12.5. The van der Waals surface area contributed by atoms with E-state index in [0.717, 1.165) is 11.1 Å². The monoisotopic (exact) mass is 481 g/mol. The molecule has 0 saturated heterocycles. The Morgan fingerprint density at radius 1 is 1.12 bits per heavy atom.